The lowest BCUT2D eigenvalue weighted by atomic mass is 10.1. The van der Waals surface area contributed by atoms with Gasteiger partial charge in [-0.15, -0.1) is 0 Å². The summed E-state index contributed by atoms with van der Waals surface area (Å²) in [6.07, 6.45) is -0.641. The van der Waals surface area contributed by atoms with Gasteiger partial charge in [-0.25, -0.2) is 0 Å². The Balaban J connectivity index is 2.67. The number of hydrogen-bond acceptors (Lipinski definition) is 5. The zero-order chi connectivity index (χ0) is 13.7. The second-order valence-corrected chi connectivity index (χ2v) is 3.94. The van der Waals surface area contributed by atoms with Crippen LogP contribution in [0, 0.1) is 10.1 Å². The molecule has 0 aromatic heterocycles. The van der Waals surface area contributed by atoms with Crippen LogP contribution in [-0.4, -0.2) is 22.8 Å². The van der Waals surface area contributed by atoms with Crippen molar-refractivity contribution < 1.29 is 19.2 Å². The zero-order valence-corrected chi connectivity index (χ0v) is 10.1. The van der Waals surface area contributed by atoms with Gasteiger partial charge < -0.3 is 4.74 Å². The third kappa shape index (κ3) is 3.97. The van der Waals surface area contributed by atoms with Crippen LogP contribution in [0.1, 0.15) is 30.6 Å². The maximum atomic E-state index is 11.6. The topological polar surface area (TPSA) is 86.5 Å². The standard InChI is InChI=1S/C12H13NO5/c1-8(2)18-12(15)7-11(14)9-3-5-10(6-4-9)13(16)17/h3-6,8H,7H2,1-2H3. The van der Waals surface area contributed by atoms with Crippen LogP contribution in [-0.2, 0) is 9.53 Å². The summed E-state index contributed by atoms with van der Waals surface area (Å²) in [5, 5.41) is 10.4. The molecule has 0 radical (unpaired) electrons. The molecule has 1 aromatic carbocycles. The Kier molecular flexibility index (Phi) is 4.53. The third-order valence-corrected chi connectivity index (χ3v) is 2.07. The van der Waals surface area contributed by atoms with Crippen LogP contribution in [0.2, 0.25) is 0 Å². The Morgan fingerprint density at radius 3 is 2.28 bits per heavy atom. The van der Waals surface area contributed by atoms with Gasteiger partial charge in [0.15, 0.2) is 5.78 Å². The third-order valence-electron chi connectivity index (χ3n) is 2.07. The lowest BCUT2D eigenvalue weighted by molar-refractivity contribution is -0.384. The molecular weight excluding hydrogens is 238 g/mol. The van der Waals surface area contributed by atoms with Crippen LogP contribution in [0.5, 0.6) is 0 Å². The minimum absolute atomic E-state index is 0.101. The van der Waals surface area contributed by atoms with Crippen molar-refractivity contribution in [2.75, 3.05) is 0 Å². The lowest BCUT2D eigenvalue weighted by Gasteiger charge is -2.06. The number of benzene rings is 1. The molecule has 18 heavy (non-hydrogen) atoms. The number of hydrogen-bond donors (Lipinski definition) is 0. The molecule has 0 heterocycles. The van der Waals surface area contributed by atoms with Gasteiger partial charge >= 0.3 is 5.97 Å². The summed E-state index contributed by atoms with van der Waals surface area (Å²) < 4.78 is 4.84. The summed E-state index contributed by atoms with van der Waals surface area (Å²) >= 11 is 0. The molecule has 0 unspecified atom stereocenters. The Hall–Kier alpha value is -2.24. The zero-order valence-electron chi connectivity index (χ0n) is 10.1. The van der Waals surface area contributed by atoms with E-state index in [0.717, 1.165) is 0 Å². The van der Waals surface area contributed by atoms with E-state index < -0.39 is 16.7 Å². The van der Waals surface area contributed by atoms with Gasteiger partial charge in [-0.1, -0.05) is 0 Å². The minimum atomic E-state index is -0.603. The van der Waals surface area contributed by atoms with E-state index in [0.29, 0.717) is 0 Å². The molecule has 0 fully saturated rings. The van der Waals surface area contributed by atoms with Crippen LogP contribution in [0.4, 0.5) is 5.69 Å². The first kappa shape index (κ1) is 13.8. The summed E-state index contributed by atoms with van der Waals surface area (Å²) in [5.41, 5.74) is 0.151. The highest BCUT2D eigenvalue weighted by Crippen LogP contribution is 2.13. The number of esters is 1. The molecule has 1 aromatic rings. The van der Waals surface area contributed by atoms with E-state index in [2.05, 4.69) is 0 Å². The molecule has 1 rings (SSSR count). The van der Waals surface area contributed by atoms with Crippen molar-refractivity contribution in [1.29, 1.82) is 0 Å². The second-order valence-electron chi connectivity index (χ2n) is 3.94. The van der Waals surface area contributed by atoms with Gasteiger partial charge in [0, 0.05) is 17.7 Å². The summed E-state index contributed by atoms with van der Waals surface area (Å²) in [4.78, 5) is 32.8. The van der Waals surface area contributed by atoms with E-state index in [9.17, 15) is 19.7 Å². The summed E-state index contributed by atoms with van der Waals surface area (Å²) in [6.45, 7) is 3.38. The number of nitrogens with zero attached hydrogens (tertiary/aromatic N) is 1. The van der Waals surface area contributed by atoms with E-state index >= 15 is 0 Å². The van der Waals surface area contributed by atoms with Gasteiger partial charge in [0.2, 0.25) is 0 Å². The first-order valence-corrected chi connectivity index (χ1v) is 5.37. The molecule has 0 amide bonds. The van der Waals surface area contributed by atoms with Crippen LogP contribution in [0.15, 0.2) is 24.3 Å². The predicted molar refractivity (Wildman–Crippen MR) is 63.3 cm³/mol. The molecule has 0 aliphatic rings. The van der Waals surface area contributed by atoms with Gasteiger partial charge in [-0.3, -0.25) is 19.7 Å². The highest BCUT2D eigenvalue weighted by Gasteiger charge is 2.15. The molecule has 96 valence electrons. The Morgan fingerprint density at radius 1 is 1.28 bits per heavy atom. The van der Waals surface area contributed by atoms with Gasteiger partial charge in [-0.05, 0) is 26.0 Å². The van der Waals surface area contributed by atoms with E-state index in [1.54, 1.807) is 13.8 Å². The van der Waals surface area contributed by atoms with Crippen molar-refractivity contribution in [3.05, 3.63) is 39.9 Å². The van der Waals surface area contributed by atoms with Crippen LogP contribution >= 0.6 is 0 Å². The smallest absolute Gasteiger partial charge is 0.313 e. The number of non-ortho nitro benzene ring substituents is 1. The highest BCUT2D eigenvalue weighted by atomic mass is 16.6. The Labute approximate surface area is 104 Å². The van der Waals surface area contributed by atoms with Crippen molar-refractivity contribution in [3.8, 4) is 0 Å². The summed E-state index contributed by atoms with van der Waals surface area (Å²) in [7, 11) is 0. The van der Waals surface area contributed by atoms with E-state index in [1.165, 1.54) is 24.3 Å². The number of ketones is 1. The minimum Gasteiger partial charge on any atom is -0.463 e. The number of nitro groups is 1. The summed E-state index contributed by atoms with van der Waals surface area (Å²) in [5.74, 6) is -1.02. The molecule has 6 nitrogen and oxygen atoms in total. The Bertz CT molecular complexity index is 464. The maximum absolute atomic E-state index is 11.6. The monoisotopic (exact) mass is 251 g/mol. The second kappa shape index (κ2) is 5.90. The number of Topliss-reactive ketones (excluding diaryl/α,β-unsaturated/α-hetero) is 1. The largest absolute Gasteiger partial charge is 0.463 e. The van der Waals surface area contributed by atoms with Crippen molar-refractivity contribution in [1.82, 2.24) is 0 Å². The molecule has 0 N–H and O–H groups in total. The van der Waals surface area contributed by atoms with Gasteiger partial charge in [-0.2, -0.15) is 0 Å². The van der Waals surface area contributed by atoms with Crippen LogP contribution in [0.25, 0.3) is 0 Å². The van der Waals surface area contributed by atoms with E-state index in [1.807, 2.05) is 0 Å². The fraction of sp³-hybridized carbons (Fsp3) is 0.333. The lowest BCUT2D eigenvalue weighted by Crippen LogP contribution is -2.15. The van der Waals surface area contributed by atoms with Gasteiger partial charge in [0.05, 0.1) is 11.0 Å². The summed E-state index contributed by atoms with van der Waals surface area (Å²) in [6, 6.07) is 5.09. The van der Waals surface area contributed by atoms with Gasteiger partial charge in [0.25, 0.3) is 5.69 Å². The van der Waals surface area contributed by atoms with Gasteiger partial charge in [0.1, 0.15) is 6.42 Å². The number of nitro benzene ring substituents is 1. The number of ether oxygens (including phenoxy) is 1. The quantitative estimate of drug-likeness (QED) is 0.263. The normalized spacial score (nSPS) is 10.2. The molecule has 0 aliphatic carbocycles. The fourth-order valence-electron chi connectivity index (χ4n) is 1.31. The molecule has 6 heteroatoms. The molecular formula is C12H13NO5. The molecule has 0 saturated heterocycles. The van der Waals surface area contributed by atoms with E-state index in [4.69, 9.17) is 4.74 Å². The number of carbonyl (C=O) groups excluding carboxylic acids is 2. The SMILES string of the molecule is CC(C)OC(=O)CC(=O)c1ccc([N+](=O)[O-])cc1. The van der Waals surface area contributed by atoms with Crippen molar-refractivity contribution >= 4 is 17.4 Å². The average molecular weight is 251 g/mol. The average Bonchev–Trinajstić information content (AvgIpc) is 2.27. The van der Waals surface area contributed by atoms with Crippen molar-refractivity contribution in [2.45, 2.75) is 26.4 Å². The predicted octanol–water partition coefficient (Wildman–Crippen LogP) is 2.12. The molecule has 0 atom stereocenters. The first-order valence-electron chi connectivity index (χ1n) is 5.37. The number of carbonyl (C=O) groups is 2. The van der Waals surface area contributed by atoms with Crippen molar-refractivity contribution in [2.24, 2.45) is 0 Å². The first-order chi connectivity index (χ1) is 8.40. The number of rotatable bonds is 5. The molecule has 0 aliphatic heterocycles. The van der Waals surface area contributed by atoms with Crippen LogP contribution < -0.4 is 0 Å². The fourth-order valence-corrected chi connectivity index (χ4v) is 1.31. The maximum Gasteiger partial charge on any atom is 0.313 e. The van der Waals surface area contributed by atoms with Crippen molar-refractivity contribution in [3.63, 3.8) is 0 Å². The van der Waals surface area contributed by atoms with E-state index in [-0.39, 0.29) is 23.8 Å². The molecule has 0 saturated carbocycles. The molecule has 0 spiro atoms. The highest BCUT2D eigenvalue weighted by molar-refractivity contribution is 6.06. The Morgan fingerprint density at radius 2 is 1.83 bits per heavy atom. The van der Waals surface area contributed by atoms with Crippen LogP contribution in [0.3, 0.4) is 0 Å². The molecule has 0 bridgehead atoms.